The zero-order valence-corrected chi connectivity index (χ0v) is 16.8. The first kappa shape index (κ1) is 19.2. The van der Waals surface area contributed by atoms with Crippen molar-refractivity contribution >= 4 is 28.8 Å². The molecule has 2 aliphatic rings. The third-order valence-electron chi connectivity index (χ3n) is 5.59. The van der Waals surface area contributed by atoms with Gasteiger partial charge in [-0.2, -0.15) is 0 Å². The number of hydrogen-bond acceptors (Lipinski definition) is 5. The van der Waals surface area contributed by atoms with Gasteiger partial charge >= 0.3 is 0 Å². The second-order valence-corrected chi connectivity index (χ2v) is 7.69. The van der Waals surface area contributed by atoms with Gasteiger partial charge in [0.1, 0.15) is 0 Å². The molecule has 2 aliphatic heterocycles. The Labute approximate surface area is 171 Å². The van der Waals surface area contributed by atoms with Crippen molar-refractivity contribution in [3.8, 4) is 0 Å². The van der Waals surface area contributed by atoms with Crippen molar-refractivity contribution in [2.45, 2.75) is 19.9 Å². The van der Waals surface area contributed by atoms with E-state index in [1.807, 2.05) is 18.2 Å². The van der Waals surface area contributed by atoms with Gasteiger partial charge in [-0.3, -0.25) is 19.8 Å². The van der Waals surface area contributed by atoms with Crippen LogP contribution in [0.1, 0.15) is 29.8 Å². The molecule has 29 heavy (non-hydrogen) atoms. The Bertz CT molecular complexity index is 942. The molecule has 6 nitrogen and oxygen atoms in total. The Morgan fingerprint density at radius 1 is 0.897 bits per heavy atom. The van der Waals surface area contributed by atoms with Gasteiger partial charge in [0.25, 0.3) is 11.8 Å². The number of fused-ring (bicyclic) bond motifs is 1. The highest BCUT2D eigenvalue weighted by Crippen LogP contribution is 2.25. The van der Waals surface area contributed by atoms with Gasteiger partial charge in [-0.1, -0.05) is 18.2 Å². The molecule has 0 spiro atoms. The van der Waals surface area contributed by atoms with Crippen LogP contribution in [0.5, 0.6) is 0 Å². The van der Waals surface area contributed by atoms with E-state index in [4.69, 9.17) is 0 Å². The van der Waals surface area contributed by atoms with Crippen LogP contribution in [-0.4, -0.2) is 48.9 Å². The van der Waals surface area contributed by atoms with Crippen molar-refractivity contribution in [2.75, 3.05) is 36.4 Å². The predicted octanol–water partition coefficient (Wildman–Crippen LogP) is 2.94. The second-order valence-electron chi connectivity index (χ2n) is 7.69. The number of carbonyl (C=O) groups excluding carboxylic acids is 2. The minimum absolute atomic E-state index is 0.357. The lowest BCUT2D eigenvalue weighted by Gasteiger charge is -2.38. The molecule has 2 amide bonds. The molecule has 4 rings (SSSR count). The lowest BCUT2D eigenvalue weighted by molar-refractivity contribution is -0.114. The van der Waals surface area contributed by atoms with E-state index in [1.54, 1.807) is 24.4 Å². The SMILES string of the molecule is CC(C)N1CCN(c2ccc(N/C=C3\C(=O)NC(=O)c4ccccc43)cc2)CC1. The molecule has 0 bridgehead atoms. The Hall–Kier alpha value is -3.12. The highest BCUT2D eigenvalue weighted by molar-refractivity contribution is 6.31. The fraction of sp³-hybridized carbons (Fsp3) is 0.304. The summed E-state index contributed by atoms with van der Waals surface area (Å²) in [4.78, 5) is 29.1. The van der Waals surface area contributed by atoms with Gasteiger partial charge in [0, 0.05) is 60.9 Å². The van der Waals surface area contributed by atoms with Crippen LogP contribution in [-0.2, 0) is 4.79 Å². The number of amides is 2. The number of anilines is 2. The van der Waals surface area contributed by atoms with E-state index in [2.05, 4.69) is 46.4 Å². The van der Waals surface area contributed by atoms with E-state index >= 15 is 0 Å². The lowest BCUT2D eigenvalue weighted by Crippen LogP contribution is -2.48. The Morgan fingerprint density at radius 3 is 2.21 bits per heavy atom. The van der Waals surface area contributed by atoms with Crippen LogP contribution in [0.25, 0.3) is 5.57 Å². The minimum Gasteiger partial charge on any atom is -0.369 e. The zero-order chi connectivity index (χ0) is 20.4. The predicted molar refractivity (Wildman–Crippen MR) is 116 cm³/mol. The minimum atomic E-state index is -0.388. The molecule has 0 saturated carbocycles. The molecule has 2 aromatic carbocycles. The fourth-order valence-electron chi connectivity index (χ4n) is 3.84. The van der Waals surface area contributed by atoms with Gasteiger partial charge in [-0.15, -0.1) is 0 Å². The van der Waals surface area contributed by atoms with Crippen LogP contribution in [0.4, 0.5) is 11.4 Å². The molecule has 1 fully saturated rings. The van der Waals surface area contributed by atoms with Crippen molar-refractivity contribution in [3.05, 3.63) is 65.9 Å². The van der Waals surface area contributed by atoms with E-state index in [-0.39, 0.29) is 11.8 Å². The Kier molecular flexibility index (Phi) is 5.36. The van der Waals surface area contributed by atoms with Gasteiger partial charge in [0.15, 0.2) is 0 Å². The second kappa shape index (κ2) is 8.09. The zero-order valence-electron chi connectivity index (χ0n) is 16.8. The van der Waals surface area contributed by atoms with Crippen molar-refractivity contribution in [1.82, 2.24) is 10.2 Å². The summed E-state index contributed by atoms with van der Waals surface area (Å²) in [6.45, 7) is 8.70. The molecule has 2 N–H and O–H groups in total. The quantitative estimate of drug-likeness (QED) is 0.621. The average molecular weight is 390 g/mol. The fourth-order valence-corrected chi connectivity index (χ4v) is 3.84. The third kappa shape index (κ3) is 4.03. The van der Waals surface area contributed by atoms with Gasteiger partial charge in [-0.25, -0.2) is 0 Å². The van der Waals surface area contributed by atoms with E-state index in [0.717, 1.165) is 31.9 Å². The van der Waals surface area contributed by atoms with Gasteiger partial charge < -0.3 is 10.2 Å². The molecule has 6 heteroatoms. The number of nitrogens with one attached hydrogen (secondary N) is 2. The Morgan fingerprint density at radius 2 is 1.55 bits per heavy atom. The number of rotatable bonds is 4. The summed E-state index contributed by atoms with van der Waals surface area (Å²) in [7, 11) is 0. The first-order valence-corrected chi connectivity index (χ1v) is 10.0. The van der Waals surface area contributed by atoms with Gasteiger partial charge in [0.05, 0.1) is 5.57 Å². The molecule has 0 radical (unpaired) electrons. The maximum absolute atomic E-state index is 12.3. The van der Waals surface area contributed by atoms with E-state index in [9.17, 15) is 9.59 Å². The number of piperazine rings is 1. The maximum atomic E-state index is 12.3. The number of carbonyl (C=O) groups is 2. The van der Waals surface area contributed by atoms with Crippen molar-refractivity contribution < 1.29 is 9.59 Å². The topological polar surface area (TPSA) is 64.7 Å². The van der Waals surface area contributed by atoms with Crippen molar-refractivity contribution in [3.63, 3.8) is 0 Å². The first-order valence-electron chi connectivity index (χ1n) is 10.0. The lowest BCUT2D eigenvalue weighted by atomic mass is 9.96. The summed E-state index contributed by atoms with van der Waals surface area (Å²) in [6.07, 6.45) is 1.66. The van der Waals surface area contributed by atoms with E-state index in [1.165, 1.54) is 5.69 Å². The summed E-state index contributed by atoms with van der Waals surface area (Å²) in [5, 5.41) is 5.58. The average Bonchev–Trinajstić information content (AvgIpc) is 2.74. The largest absolute Gasteiger partial charge is 0.369 e. The molecule has 0 aromatic heterocycles. The molecular weight excluding hydrogens is 364 g/mol. The van der Waals surface area contributed by atoms with Crippen LogP contribution in [0.2, 0.25) is 0 Å². The van der Waals surface area contributed by atoms with E-state index < -0.39 is 0 Å². The van der Waals surface area contributed by atoms with E-state index in [0.29, 0.717) is 22.7 Å². The molecule has 2 aromatic rings. The smallest absolute Gasteiger partial charge is 0.260 e. The molecule has 2 heterocycles. The summed E-state index contributed by atoms with van der Waals surface area (Å²) < 4.78 is 0. The van der Waals surface area contributed by atoms with Crippen LogP contribution in [0.15, 0.2) is 54.7 Å². The summed E-state index contributed by atoms with van der Waals surface area (Å²) in [5.41, 5.74) is 3.71. The highest BCUT2D eigenvalue weighted by Gasteiger charge is 2.26. The molecule has 1 saturated heterocycles. The summed E-state index contributed by atoms with van der Waals surface area (Å²) in [6, 6.07) is 15.9. The Balaban J connectivity index is 1.45. The van der Waals surface area contributed by atoms with Crippen LogP contribution >= 0.6 is 0 Å². The van der Waals surface area contributed by atoms with Gasteiger partial charge in [-0.05, 0) is 44.2 Å². The standard InChI is InChI=1S/C23H26N4O2/c1-16(2)26-11-13-27(14-12-26)18-9-7-17(8-10-18)24-15-21-19-5-3-4-6-20(19)22(28)25-23(21)29/h3-10,15-16,24H,11-14H2,1-2H3,(H,25,28,29)/b21-15-. The van der Waals surface area contributed by atoms with Gasteiger partial charge in [0.2, 0.25) is 0 Å². The van der Waals surface area contributed by atoms with Crippen molar-refractivity contribution in [1.29, 1.82) is 0 Å². The van der Waals surface area contributed by atoms with Crippen LogP contribution in [0, 0.1) is 0 Å². The number of nitrogens with zero attached hydrogens (tertiary/aromatic N) is 2. The normalized spacial score (nSPS) is 18.7. The molecule has 0 unspecified atom stereocenters. The molecule has 150 valence electrons. The van der Waals surface area contributed by atoms with Crippen LogP contribution in [0.3, 0.4) is 0 Å². The number of benzene rings is 2. The number of hydrogen-bond donors (Lipinski definition) is 2. The summed E-state index contributed by atoms with van der Waals surface area (Å²) in [5.74, 6) is -0.745. The highest BCUT2D eigenvalue weighted by atomic mass is 16.2. The third-order valence-corrected chi connectivity index (χ3v) is 5.59. The first-order chi connectivity index (χ1) is 14.0. The monoisotopic (exact) mass is 390 g/mol. The summed E-state index contributed by atoms with van der Waals surface area (Å²) >= 11 is 0. The van der Waals surface area contributed by atoms with Crippen LogP contribution < -0.4 is 15.5 Å². The molecule has 0 atom stereocenters. The maximum Gasteiger partial charge on any atom is 0.260 e. The van der Waals surface area contributed by atoms with Crippen molar-refractivity contribution in [2.24, 2.45) is 0 Å². The number of imide groups is 1. The molecule has 0 aliphatic carbocycles. The molecular formula is C23H26N4O2.